The number of rotatable bonds is 7. The van der Waals surface area contributed by atoms with Crippen molar-refractivity contribution in [2.24, 2.45) is 0 Å². The van der Waals surface area contributed by atoms with E-state index in [0.717, 1.165) is 52.0 Å². The van der Waals surface area contributed by atoms with Gasteiger partial charge in [-0.2, -0.15) is 0 Å². The molecule has 1 heterocycles. The Morgan fingerprint density at radius 1 is 1.19 bits per heavy atom. The van der Waals surface area contributed by atoms with E-state index in [9.17, 15) is 4.79 Å². The van der Waals surface area contributed by atoms with Gasteiger partial charge < -0.3 is 10.0 Å². The quantitative estimate of drug-likeness (QED) is 0.618. The number of likely N-dealkylation sites (N-methyl/N-ethyl adjacent to an activating group) is 1. The van der Waals surface area contributed by atoms with E-state index in [1.54, 1.807) is 0 Å². The molecule has 0 aromatic heterocycles. The second kappa shape index (κ2) is 7.60. The van der Waals surface area contributed by atoms with Crippen LogP contribution in [0.25, 0.3) is 0 Å². The highest BCUT2D eigenvalue weighted by atomic mass is 16.4. The number of aliphatic carboxylic acids is 1. The molecule has 1 aliphatic rings. The molecule has 0 unspecified atom stereocenters. The minimum atomic E-state index is -0.688. The maximum absolute atomic E-state index is 10.3. The Labute approximate surface area is 97.4 Å². The molecule has 0 bridgehead atoms. The minimum absolute atomic E-state index is 0.300. The van der Waals surface area contributed by atoms with Crippen LogP contribution in [0.2, 0.25) is 0 Å². The molecular formula is C11H23N3O2. The van der Waals surface area contributed by atoms with E-state index in [1.165, 1.54) is 0 Å². The molecule has 0 amide bonds. The third kappa shape index (κ3) is 6.05. The van der Waals surface area contributed by atoms with E-state index in [-0.39, 0.29) is 0 Å². The van der Waals surface area contributed by atoms with E-state index in [1.807, 2.05) is 0 Å². The molecule has 2 N–H and O–H groups in total. The second-order valence-electron chi connectivity index (χ2n) is 4.40. The van der Waals surface area contributed by atoms with Crippen LogP contribution in [0.1, 0.15) is 25.7 Å². The van der Waals surface area contributed by atoms with Gasteiger partial charge in [-0.15, -0.1) is 0 Å². The number of carbonyl (C=O) groups is 1. The van der Waals surface area contributed by atoms with Crippen molar-refractivity contribution in [3.63, 3.8) is 0 Å². The predicted octanol–water partition coefficient (Wildman–Crippen LogP) is 0.383. The van der Waals surface area contributed by atoms with Crippen LogP contribution in [0, 0.1) is 0 Å². The van der Waals surface area contributed by atoms with Crippen LogP contribution in [0.5, 0.6) is 0 Å². The SMILES string of the molecule is CN1CCN(NCCCCCC(=O)O)CC1. The Bertz CT molecular complexity index is 203. The van der Waals surface area contributed by atoms with E-state index < -0.39 is 5.97 Å². The highest BCUT2D eigenvalue weighted by Crippen LogP contribution is 2.00. The fourth-order valence-corrected chi connectivity index (χ4v) is 1.78. The van der Waals surface area contributed by atoms with Gasteiger partial charge in [0.1, 0.15) is 0 Å². The molecule has 16 heavy (non-hydrogen) atoms. The van der Waals surface area contributed by atoms with Crippen LogP contribution in [-0.2, 0) is 4.79 Å². The van der Waals surface area contributed by atoms with Crippen molar-refractivity contribution in [1.82, 2.24) is 15.3 Å². The van der Waals surface area contributed by atoms with Crippen LogP contribution in [0.15, 0.2) is 0 Å². The number of carboxylic acid groups (broad SMARTS) is 1. The third-order valence-corrected chi connectivity index (χ3v) is 2.91. The molecule has 5 nitrogen and oxygen atoms in total. The van der Waals surface area contributed by atoms with Crippen molar-refractivity contribution in [1.29, 1.82) is 0 Å². The number of nitrogens with zero attached hydrogens (tertiary/aromatic N) is 2. The van der Waals surface area contributed by atoms with Gasteiger partial charge in [0, 0.05) is 39.1 Å². The summed E-state index contributed by atoms with van der Waals surface area (Å²) >= 11 is 0. The molecule has 94 valence electrons. The monoisotopic (exact) mass is 229 g/mol. The lowest BCUT2D eigenvalue weighted by Crippen LogP contribution is -2.50. The number of carboxylic acids is 1. The zero-order valence-electron chi connectivity index (χ0n) is 10.1. The Morgan fingerprint density at radius 2 is 1.88 bits per heavy atom. The first-order chi connectivity index (χ1) is 7.68. The summed E-state index contributed by atoms with van der Waals surface area (Å²) in [7, 11) is 2.14. The summed E-state index contributed by atoms with van der Waals surface area (Å²) in [5.41, 5.74) is 3.39. The van der Waals surface area contributed by atoms with Gasteiger partial charge in [0.25, 0.3) is 0 Å². The van der Waals surface area contributed by atoms with Crippen molar-refractivity contribution in [2.75, 3.05) is 39.8 Å². The molecule has 1 rings (SSSR count). The van der Waals surface area contributed by atoms with Crippen LogP contribution in [-0.4, -0.2) is 60.8 Å². The number of hydrazine groups is 1. The van der Waals surface area contributed by atoms with Crippen molar-refractivity contribution in [3.8, 4) is 0 Å². The number of unbranched alkanes of at least 4 members (excludes halogenated alkanes) is 2. The topological polar surface area (TPSA) is 55.8 Å². The average molecular weight is 229 g/mol. The van der Waals surface area contributed by atoms with Crippen LogP contribution < -0.4 is 5.43 Å². The summed E-state index contributed by atoms with van der Waals surface area (Å²) < 4.78 is 0. The van der Waals surface area contributed by atoms with E-state index in [4.69, 9.17) is 5.11 Å². The number of piperazine rings is 1. The van der Waals surface area contributed by atoms with E-state index >= 15 is 0 Å². The summed E-state index contributed by atoms with van der Waals surface area (Å²) in [5, 5.41) is 10.7. The molecule has 1 saturated heterocycles. The lowest BCUT2D eigenvalue weighted by molar-refractivity contribution is -0.137. The van der Waals surface area contributed by atoms with E-state index in [2.05, 4.69) is 22.4 Å². The predicted molar refractivity (Wildman–Crippen MR) is 63.2 cm³/mol. The van der Waals surface area contributed by atoms with Gasteiger partial charge in [-0.3, -0.25) is 10.2 Å². The average Bonchev–Trinajstić information content (AvgIpc) is 2.25. The number of hydrogen-bond donors (Lipinski definition) is 2. The zero-order chi connectivity index (χ0) is 11.8. The zero-order valence-corrected chi connectivity index (χ0v) is 10.1. The summed E-state index contributed by atoms with van der Waals surface area (Å²) in [6.07, 6.45) is 3.14. The lowest BCUT2D eigenvalue weighted by Gasteiger charge is -2.32. The van der Waals surface area contributed by atoms with Crippen LogP contribution >= 0.6 is 0 Å². The van der Waals surface area contributed by atoms with Crippen molar-refractivity contribution >= 4 is 5.97 Å². The Hall–Kier alpha value is -0.650. The molecule has 0 radical (unpaired) electrons. The smallest absolute Gasteiger partial charge is 0.303 e. The first-order valence-corrected chi connectivity index (χ1v) is 6.07. The van der Waals surface area contributed by atoms with Gasteiger partial charge in [-0.1, -0.05) is 6.42 Å². The molecule has 5 heteroatoms. The van der Waals surface area contributed by atoms with Crippen LogP contribution in [0.4, 0.5) is 0 Å². The molecular weight excluding hydrogens is 206 g/mol. The maximum atomic E-state index is 10.3. The van der Waals surface area contributed by atoms with Crippen molar-refractivity contribution < 1.29 is 9.90 Å². The fourth-order valence-electron chi connectivity index (χ4n) is 1.78. The molecule has 0 aromatic carbocycles. The van der Waals surface area contributed by atoms with Gasteiger partial charge in [-0.05, 0) is 19.9 Å². The molecule has 1 fully saturated rings. The summed E-state index contributed by atoms with van der Waals surface area (Å²) in [6, 6.07) is 0. The van der Waals surface area contributed by atoms with Crippen molar-refractivity contribution in [2.45, 2.75) is 25.7 Å². The van der Waals surface area contributed by atoms with Gasteiger partial charge in [0.2, 0.25) is 0 Å². The molecule has 0 aliphatic carbocycles. The highest BCUT2D eigenvalue weighted by Gasteiger charge is 2.12. The minimum Gasteiger partial charge on any atom is -0.481 e. The summed E-state index contributed by atoms with van der Waals surface area (Å²) in [5.74, 6) is -0.688. The second-order valence-corrected chi connectivity index (χ2v) is 4.40. The molecule has 0 saturated carbocycles. The molecule has 1 aliphatic heterocycles. The van der Waals surface area contributed by atoms with Crippen molar-refractivity contribution in [3.05, 3.63) is 0 Å². The normalized spacial score (nSPS) is 18.8. The Morgan fingerprint density at radius 3 is 2.50 bits per heavy atom. The standard InChI is InChI=1S/C11H23N3O2/c1-13-7-9-14(10-8-13)12-6-4-2-3-5-11(15)16/h12H,2-10H2,1H3,(H,15,16). The maximum Gasteiger partial charge on any atom is 0.303 e. The Balaban J connectivity index is 1.89. The highest BCUT2D eigenvalue weighted by molar-refractivity contribution is 5.66. The Kier molecular flexibility index (Phi) is 6.37. The van der Waals surface area contributed by atoms with Gasteiger partial charge in [0.15, 0.2) is 0 Å². The lowest BCUT2D eigenvalue weighted by atomic mass is 10.2. The summed E-state index contributed by atoms with van der Waals surface area (Å²) in [6.45, 7) is 5.35. The van der Waals surface area contributed by atoms with Gasteiger partial charge in [0.05, 0.1) is 0 Å². The first kappa shape index (κ1) is 13.4. The molecule has 0 spiro atoms. The third-order valence-electron chi connectivity index (χ3n) is 2.91. The summed E-state index contributed by atoms with van der Waals surface area (Å²) in [4.78, 5) is 12.6. The molecule has 0 aromatic rings. The van der Waals surface area contributed by atoms with E-state index in [0.29, 0.717) is 6.42 Å². The fraction of sp³-hybridized carbons (Fsp3) is 0.909. The van der Waals surface area contributed by atoms with Gasteiger partial charge >= 0.3 is 5.97 Å². The van der Waals surface area contributed by atoms with Crippen LogP contribution in [0.3, 0.4) is 0 Å². The largest absolute Gasteiger partial charge is 0.481 e. The number of hydrogen-bond acceptors (Lipinski definition) is 4. The first-order valence-electron chi connectivity index (χ1n) is 6.07. The number of nitrogens with one attached hydrogen (secondary N) is 1. The molecule has 0 atom stereocenters. The van der Waals surface area contributed by atoms with Gasteiger partial charge in [-0.25, -0.2) is 5.01 Å².